The van der Waals surface area contributed by atoms with Gasteiger partial charge in [-0.25, -0.2) is 0 Å². The van der Waals surface area contributed by atoms with Crippen molar-refractivity contribution < 1.29 is 0 Å². The third-order valence-electron chi connectivity index (χ3n) is 3.13. The van der Waals surface area contributed by atoms with Crippen molar-refractivity contribution in [3.63, 3.8) is 0 Å². The summed E-state index contributed by atoms with van der Waals surface area (Å²) in [7, 11) is 2.13. The molecule has 0 bridgehead atoms. The molecule has 90 valence electrons. The van der Waals surface area contributed by atoms with Gasteiger partial charge in [-0.3, -0.25) is 4.98 Å². The lowest BCUT2D eigenvalue weighted by atomic mass is 10.1. The molecule has 0 amide bonds. The Morgan fingerprint density at radius 3 is 2.31 bits per heavy atom. The van der Waals surface area contributed by atoms with Crippen molar-refractivity contribution in [1.29, 1.82) is 0 Å². The molecule has 2 N–H and O–H groups in total. The minimum Gasteiger partial charge on any atom is -0.370 e. The molecule has 3 heteroatoms. The van der Waals surface area contributed by atoms with E-state index in [0.717, 1.165) is 24.2 Å². The first-order valence-corrected chi connectivity index (χ1v) is 6.04. The van der Waals surface area contributed by atoms with Gasteiger partial charge in [0.25, 0.3) is 0 Å². The van der Waals surface area contributed by atoms with Crippen LogP contribution in [0.4, 0.5) is 5.69 Å². The molecule has 0 aromatic carbocycles. The van der Waals surface area contributed by atoms with Gasteiger partial charge in [-0.1, -0.05) is 13.8 Å². The van der Waals surface area contributed by atoms with Crippen molar-refractivity contribution in [3.05, 3.63) is 24.0 Å². The molecule has 0 aliphatic rings. The molecular formula is C13H23N3. The molecule has 1 heterocycles. The molecule has 1 atom stereocenters. The predicted octanol–water partition coefficient (Wildman–Crippen LogP) is 2.73. The van der Waals surface area contributed by atoms with Gasteiger partial charge in [-0.05, 0) is 31.9 Å². The van der Waals surface area contributed by atoms with Crippen LogP contribution in [-0.4, -0.2) is 18.1 Å². The first-order chi connectivity index (χ1) is 7.60. The fraction of sp³-hybridized carbons (Fsp3) is 0.615. The van der Waals surface area contributed by atoms with Crippen LogP contribution in [0.3, 0.4) is 0 Å². The fourth-order valence-electron chi connectivity index (χ4n) is 1.92. The van der Waals surface area contributed by atoms with Crippen molar-refractivity contribution in [3.8, 4) is 0 Å². The van der Waals surface area contributed by atoms with Crippen LogP contribution in [0.15, 0.2) is 18.3 Å². The highest BCUT2D eigenvalue weighted by molar-refractivity contribution is 5.44. The van der Waals surface area contributed by atoms with Gasteiger partial charge in [0.05, 0.1) is 17.6 Å². The number of nitrogens with two attached hydrogens (primary N) is 1. The van der Waals surface area contributed by atoms with E-state index in [1.54, 1.807) is 0 Å². The van der Waals surface area contributed by atoms with Crippen molar-refractivity contribution in [2.24, 2.45) is 5.73 Å². The summed E-state index contributed by atoms with van der Waals surface area (Å²) in [6.07, 6.45) is 4.22. The number of anilines is 1. The summed E-state index contributed by atoms with van der Waals surface area (Å²) in [6, 6.07) is 4.71. The molecule has 0 spiro atoms. The van der Waals surface area contributed by atoms with Crippen LogP contribution in [0, 0.1) is 0 Å². The molecule has 16 heavy (non-hydrogen) atoms. The molecule has 0 fully saturated rings. The summed E-state index contributed by atoms with van der Waals surface area (Å²) < 4.78 is 0. The molecular weight excluding hydrogens is 198 g/mol. The van der Waals surface area contributed by atoms with Gasteiger partial charge in [0.15, 0.2) is 0 Å². The number of nitrogens with zero attached hydrogens (tertiary/aromatic N) is 2. The van der Waals surface area contributed by atoms with E-state index in [9.17, 15) is 0 Å². The zero-order valence-corrected chi connectivity index (χ0v) is 10.8. The lowest BCUT2D eigenvalue weighted by Crippen LogP contribution is -2.30. The van der Waals surface area contributed by atoms with Crippen LogP contribution in [0.1, 0.15) is 45.3 Å². The SMILES string of the molecule is CCC(CC)N(C)c1ccc(C(C)N)nc1. The zero-order valence-electron chi connectivity index (χ0n) is 10.8. The smallest absolute Gasteiger partial charge is 0.0569 e. The second-order valence-electron chi connectivity index (χ2n) is 4.31. The van der Waals surface area contributed by atoms with Gasteiger partial charge >= 0.3 is 0 Å². The standard InChI is InChI=1S/C13H23N3/c1-5-11(6-2)16(4)12-7-8-13(10(3)14)15-9-12/h7-11H,5-6,14H2,1-4H3. The Kier molecular flexibility index (Phi) is 4.74. The van der Waals surface area contributed by atoms with Crippen molar-refractivity contribution in [1.82, 2.24) is 4.98 Å². The van der Waals surface area contributed by atoms with Crippen LogP contribution < -0.4 is 10.6 Å². The highest BCUT2D eigenvalue weighted by atomic mass is 15.1. The van der Waals surface area contributed by atoms with Gasteiger partial charge in [-0.2, -0.15) is 0 Å². The quantitative estimate of drug-likeness (QED) is 0.831. The Hall–Kier alpha value is -1.09. The molecule has 1 rings (SSSR count). The van der Waals surface area contributed by atoms with E-state index >= 15 is 0 Å². The summed E-state index contributed by atoms with van der Waals surface area (Å²) >= 11 is 0. The third kappa shape index (κ3) is 2.95. The van der Waals surface area contributed by atoms with E-state index in [1.807, 2.05) is 19.2 Å². The minimum atomic E-state index is 0.00695. The third-order valence-corrected chi connectivity index (χ3v) is 3.13. The minimum absolute atomic E-state index is 0.00695. The molecule has 1 unspecified atom stereocenters. The van der Waals surface area contributed by atoms with Crippen LogP contribution in [0.2, 0.25) is 0 Å². The monoisotopic (exact) mass is 221 g/mol. The Morgan fingerprint density at radius 2 is 1.94 bits per heavy atom. The van der Waals surface area contributed by atoms with Gasteiger partial charge < -0.3 is 10.6 Å². The molecule has 0 saturated heterocycles. The van der Waals surface area contributed by atoms with Gasteiger partial charge in [-0.15, -0.1) is 0 Å². The molecule has 0 aliphatic carbocycles. The molecule has 3 nitrogen and oxygen atoms in total. The number of hydrogen-bond acceptors (Lipinski definition) is 3. The average Bonchev–Trinajstić information content (AvgIpc) is 2.30. The Labute approximate surface area is 98.7 Å². The summed E-state index contributed by atoms with van der Waals surface area (Å²) in [5.41, 5.74) is 7.89. The van der Waals surface area contributed by atoms with Crippen LogP contribution in [0.5, 0.6) is 0 Å². The lowest BCUT2D eigenvalue weighted by molar-refractivity contribution is 0.590. The number of rotatable bonds is 5. The molecule has 1 aromatic rings. The van der Waals surface area contributed by atoms with Gasteiger partial charge in [0.1, 0.15) is 0 Å². The first-order valence-electron chi connectivity index (χ1n) is 6.04. The predicted molar refractivity (Wildman–Crippen MR) is 69.6 cm³/mol. The average molecular weight is 221 g/mol. The number of aromatic nitrogens is 1. The highest BCUT2D eigenvalue weighted by Crippen LogP contribution is 2.18. The van der Waals surface area contributed by atoms with Crippen LogP contribution in [0.25, 0.3) is 0 Å². The van der Waals surface area contributed by atoms with Crippen molar-refractivity contribution >= 4 is 5.69 Å². The topological polar surface area (TPSA) is 42.1 Å². The summed E-state index contributed by atoms with van der Waals surface area (Å²) in [6.45, 7) is 6.38. The maximum absolute atomic E-state index is 5.78. The second-order valence-corrected chi connectivity index (χ2v) is 4.31. The van der Waals surface area contributed by atoms with Crippen molar-refractivity contribution in [2.45, 2.75) is 45.7 Å². The van der Waals surface area contributed by atoms with Crippen LogP contribution >= 0.6 is 0 Å². The van der Waals surface area contributed by atoms with E-state index < -0.39 is 0 Å². The maximum Gasteiger partial charge on any atom is 0.0569 e. The molecule has 0 aliphatic heterocycles. The fourth-order valence-corrected chi connectivity index (χ4v) is 1.92. The van der Waals surface area contributed by atoms with E-state index in [-0.39, 0.29) is 6.04 Å². The Morgan fingerprint density at radius 1 is 1.31 bits per heavy atom. The molecule has 1 aromatic heterocycles. The summed E-state index contributed by atoms with van der Waals surface area (Å²) in [5, 5.41) is 0. The molecule has 0 saturated carbocycles. The van der Waals surface area contributed by atoms with Crippen molar-refractivity contribution in [2.75, 3.05) is 11.9 Å². The van der Waals surface area contributed by atoms with Crippen LogP contribution in [-0.2, 0) is 0 Å². The second kappa shape index (κ2) is 5.85. The van der Waals surface area contributed by atoms with E-state index in [0.29, 0.717) is 6.04 Å². The highest BCUT2D eigenvalue weighted by Gasteiger charge is 2.11. The lowest BCUT2D eigenvalue weighted by Gasteiger charge is -2.28. The Balaban J connectivity index is 2.80. The van der Waals surface area contributed by atoms with E-state index in [4.69, 9.17) is 5.73 Å². The molecule has 0 radical (unpaired) electrons. The van der Waals surface area contributed by atoms with E-state index in [2.05, 4.69) is 36.8 Å². The Bertz CT molecular complexity index is 301. The van der Waals surface area contributed by atoms with Gasteiger partial charge in [0.2, 0.25) is 0 Å². The van der Waals surface area contributed by atoms with E-state index in [1.165, 1.54) is 0 Å². The first kappa shape index (κ1) is 13.0. The largest absolute Gasteiger partial charge is 0.370 e. The zero-order chi connectivity index (χ0) is 12.1. The number of pyridine rings is 1. The summed E-state index contributed by atoms with van der Waals surface area (Å²) in [4.78, 5) is 6.67. The number of hydrogen-bond donors (Lipinski definition) is 1. The normalized spacial score (nSPS) is 12.9. The maximum atomic E-state index is 5.78. The summed E-state index contributed by atoms with van der Waals surface area (Å²) in [5.74, 6) is 0. The van der Waals surface area contributed by atoms with Gasteiger partial charge in [0, 0.05) is 19.1 Å².